The maximum absolute atomic E-state index is 12.5. The summed E-state index contributed by atoms with van der Waals surface area (Å²) < 4.78 is 37.4. The third-order valence-electron chi connectivity index (χ3n) is 2.43. The maximum Gasteiger partial charge on any atom is 0.416 e. The third kappa shape index (κ3) is 2.52. The van der Waals surface area contributed by atoms with E-state index in [1.54, 1.807) is 0 Å². The Kier molecular flexibility index (Phi) is 2.99. The molecule has 1 aliphatic heterocycles. The summed E-state index contributed by atoms with van der Waals surface area (Å²) in [5.74, 6) is -0.315. The highest BCUT2D eigenvalue weighted by atomic mass is 35.5. The number of nitrogens with zero attached hydrogens (tertiary/aromatic N) is 2. The van der Waals surface area contributed by atoms with Crippen LogP contribution in [0.1, 0.15) is 12.0 Å². The molecule has 0 saturated carbocycles. The standard InChI is InChI=1S/C10H8ClF3N2O/c11-7-4-9(17)16(5-7)8-3-6(1-2-15-8)10(12,13)14/h1-3,7H,4-5H2. The van der Waals surface area contributed by atoms with Crippen molar-refractivity contribution >= 4 is 23.3 Å². The third-order valence-corrected chi connectivity index (χ3v) is 2.72. The number of hydrogen-bond acceptors (Lipinski definition) is 2. The molecule has 2 heterocycles. The molecular formula is C10H8ClF3N2O. The minimum absolute atomic E-state index is 0.00650. The van der Waals surface area contributed by atoms with Crippen LogP contribution in [0, 0.1) is 0 Å². The summed E-state index contributed by atoms with van der Waals surface area (Å²) in [5, 5.41) is -0.376. The average Bonchev–Trinajstić information content (AvgIpc) is 2.57. The molecule has 0 spiro atoms. The van der Waals surface area contributed by atoms with Gasteiger partial charge in [0.05, 0.1) is 10.9 Å². The van der Waals surface area contributed by atoms with Crippen LogP contribution in [0.3, 0.4) is 0 Å². The molecule has 17 heavy (non-hydrogen) atoms. The van der Waals surface area contributed by atoms with Gasteiger partial charge in [-0.1, -0.05) is 0 Å². The van der Waals surface area contributed by atoms with E-state index in [-0.39, 0.29) is 30.1 Å². The van der Waals surface area contributed by atoms with E-state index in [1.807, 2.05) is 0 Å². The van der Waals surface area contributed by atoms with Gasteiger partial charge < -0.3 is 0 Å². The number of amides is 1. The summed E-state index contributed by atoms with van der Waals surface area (Å²) in [6.07, 6.45) is -3.28. The first-order chi connectivity index (χ1) is 7.88. The van der Waals surface area contributed by atoms with E-state index in [0.29, 0.717) is 0 Å². The van der Waals surface area contributed by atoms with Crippen molar-refractivity contribution in [2.24, 2.45) is 0 Å². The lowest BCUT2D eigenvalue weighted by atomic mass is 10.2. The van der Waals surface area contributed by atoms with Gasteiger partial charge in [0.15, 0.2) is 0 Å². The van der Waals surface area contributed by atoms with Gasteiger partial charge in [-0.15, -0.1) is 11.6 Å². The minimum atomic E-state index is -4.44. The number of alkyl halides is 4. The normalized spacial score (nSPS) is 21.1. The fourth-order valence-electron chi connectivity index (χ4n) is 1.63. The summed E-state index contributed by atoms with van der Waals surface area (Å²) in [6, 6.07) is 1.72. The first kappa shape index (κ1) is 12.2. The summed E-state index contributed by atoms with van der Waals surface area (Å²) in [7, 11) is 0. The van der Waals surface area contributed by atoms with Crippen molar-refractivity contribution in [2.75, 3.05) is 11.4 Å². The number of halogens is 4. The lowest BCUT2D eigenvalue weighted by molar-refractivity contribution is -0.137. The van der Waals surface area contributed by atoms with Gasteiger partial charge in [0.2, 0.25) is 5.91 Å². The van der Waals surface area contributed by atoms with Crippen molar-refractivity contribution in [1.82, 2.24) is 4.98 Å². The molecule has 1 amide bonds. The van der Waals surface area contributed by atoms with Crippen molar-refractivity contribution in [2.45, 2.75) is 18.0 Å². The smallest absolute Gasteiger partial charge is 0.295 e. The Hall–Kier alpha value is -1.30. The van der Waals surface area contributed by atoms with Crippen molar-refractivity contribution in [3.8, 4) is 0 Å². The highest BCUT2D eigenvalue weighted by Gasteiger charge is 2.34. The van der Waals surface area contributed by atoms with Crippen LogP contribution in [-0.2, 0) is 11.0 Å². The van der Waals surface area contributed by atoms with Crippen molar-refractivity contribution in [3.63, 3.8) is 0 Å². The topological polar surface area (TPSA) is 33.2 Å². The van der Waals surface area contributed by atoms with Gasteiger partial charge in [0.1, 0.15) is 5.82 Å². The van der Waals surface area contributed by atoms with Crippen molar-refractivity contribution in [3.05, 3.63) is 23.9 Å². The lowest BCUT2D eigenvalue weighted by Crippen LogP contribution is -2.26. The molecule has 0 N–H and O–H groups in total. The molecule has 1 aliphatic rings. The molecule has 3 nitrogen and oxygen atoms in total. The molecule has 92 valence electrons. The number of carbonyl (C=O) groups excluding carboxylic acids is 1. The van der Waals surface area contributed by atoms with Crippen LogP contribution < -0.4 is 4.90 Å². The van der Waals surface area contributed by atoms with Crippen molar-refractivity contribution < 1.29 is 18.0 Å². The largest absolute Gasteiger partial charge is 0.416 e. The SMILES string of the molecule is O=C1CC(Cl)CN1c1cc(C(F)(F)F)ccn1. The molecule has 0 radical (unpaired) electrons. The second kappa shape index (κ2) is 4.18. The Morgan fingerprint density at radius 2 is 2.18 bits per heavy atom. The Morgan fingerprint density at radius 1 is 1.47 bits per heavy atom. The molecule has 1 aromatic rings. The first-order valence-electron chi connectivity index (χ1n) is 4.85. The predicted octanol–water partition coefficient (Wildman–Crippen LogP) is 2.44. The summed E-state index contributed by atoms with van der Waals surface area (Å²) >= 11 is 5.77. The Balaban J connectivity index is 2.31. The van der Waals surface area contributed by atoms with Crippen LogP contribution in [0.15, 0.2) is 18.3 Å². The first-order valence-corrected chi connectivity index (χ1v) is 5.29. The van der Waals surface area contributed by atoms with Gasteiger partial charge in [-0.05, 0) is 12.1 Å². The molecule has 1 aromatic heterocycles. The zero-order valence-electron chi connectivity index (χ0n) is 8.54. The van der Waals surface area contributed by atoms with Gasteiger partial charge >= 0.3 is 6.18 Å². The summed E-state index contributed by atoms with van der Waals surface area (Å²) in [4.78, 5) is 16.4. The number of rotatable bonds is 1. The Labute approximate surface area is 100 Å². The van der Waals surface area contributed by atoms with Crippen LogP contribution in [0.2, 0.25) is 0 Å². The van der Waals surface area contributed by atoms with Crippen molar-refractivity contribution in [1.29, 1.82) is 0 Å². The average molecular weight is 265 g/mol. The quantitative estimate of drug-likeness (QED) is 0.730. The lowest BCUT2D eigenvalue weighted by Gasteiger charge is -2.16. The van der Waals surface area contributed by atoms with E-state index in [0.717, 1.165) is 18.3 Å². The monoisotopic (exact) mass is 264 g/mol. The molecule has 1 fully saturated rings. The molecule has 0 aromatic carbocycles. The van der Waals surface area contributed by atoms with Gasteiger partial charge in [0, 0.05) is 19.2 Å². The highest BCUT2D eigenvalue weighted by Crippen LogP contribution is 2.31. The second-order valence-electron chi connectivity index (χ2n) is 3.71. The van der Waals surface area contributed by atoms with Crippen LogP contribution in [0.25, 0.3) is 0 Å². The Bertz CT molecular complexity index is 449. The van der Waals surface area contributed by atoms with Gasteiger partial charge in [-0.3, -0.25) is 9.69 Å². The number of hydrogen-bond donors (Lipinski definition) is 0. The van der Waals surface area contributed by atoms with E-state index < -0.39 is 11.7 Å². The number of pyridine rings is 1. The molecular weight excluding hydrogens is 257 g/mol. The zero-order valence-corrected chi connectivity index (χ0v) is 9.29. The van der Waals surface area contributed by atoms with Crippen LogP contribution in [0.5, 0.6) is 0 Å². The predicted molar refractivity (Wildman–Crippen MR) is 55.9 cm³/mol. The molecule has 1 atom stereocenters. The minimum Gasteiger partial charge on any atom is -0.295 e. The van der Waals surface area contributed by atoms with E-state index in [9.17, 15) is 18.0 Å². The summed E-state index contributed by atoms with van der Waals surface area (Å²) in [5.41, 5.74) is -0.826. The Morgan fingerprint density at radius 3 is 2.71 bits per heavy atom. The molecule has 0 aliphatic carbocycles. The highest BCUT2D eigenvalue weighted by molar-refractivity contribution is 6.24. The molecule has 1 unspecified atom stereocenters. The van der Waals surface area contributed by atoms with E-state index in [1.165, 1.54) is 4.90 Å². The van der Waals surface area contributed by atoms with Crippen LogP contribution in [-0.4, -0.2) is 22.8 Å². The fraction of sp³-hybridized carbons (Fsp3) is 0.400. The van der Waals surface area contributed by atoms with Gasteiger partial charge in [-0.25, -0.2) is 4.98 Å². The number of aromatic nitrogens is 1. The van der Waals surface area contributed by atoms with Crippen LogP contribution in [0.4, 0.5) is 19.0 Å². The maximum atomic E-state index is 12.5. The molecule has 0 bridgehead atoms. The number of anilines is 1. The van der Waals surface area contributed by atoms with E-state index in [4.69, 9.17) is 11.6 Å². The van der Waals surface area contributed by atoms with E-state index >= 15 is 0 Å². The molecule has 7 heteroatoms. The van der Waals surface area contributed by atoms with E-state index in [2.05, 4.69) is 4.98 Å². The molecule has 1 saturated heterocycles. The fourth-order valence-corrected chi connectivity index (χ4v) is 1.90. The molecule has 2 rings (SSSR count). The summed E-state index contributed by atoms with van der Waals surface area (Å²) in [6.45, 7) is 0.189. The zero-order chi connectivity index (χ0) is 12.6. The van der Waals surface area contributed by atoms with Crippen LogP contribution >= 0.6 is 11.6 Å². The van der Waals surface area contributed by atoms with Gasteiger partial charge in [-0.2, -0.15) is 13.2 Å². The van der Waals surface area contributed by atoms with Gasteiger partial charge in [0.25, 0.3) is 0 Å². The second-order valence-corrected chi connectivity index (χ2v) is 4.32. The number of carbonyl (C=O) groups is 1.